The third-order valence-electron chi connectivity index (χ3n) is 4.28. The summed E-state index contributed by atoms with van der Waals surface area (Å²) in [5.41, 5.74) is 2.45. The van der Waals surface area contributed by atoms with Crippen LogP contribution in [0.3, 0.4) is 0 Å². The molecule has 0 aromatic carbocycles. The molecule has 1 saturated heterocycles. The summed E-state index contributed by atoms with van der Waals surface area (Å²) in [6.07, 6.45) is 0.972. The lowest BCUT2D eigenvalue weighted by Crippen LogP contribution is -2.56. The van der Waals surface area contributed by atoms with Crippen molar-refractivity contribution in [2.24, 2.45) is 13.0 Å². The monoisotopic (exact) mass is 342 g/mol. The van der Waals surface area contributed by atoms with Crippen molar-refractivity contribution < 1.29 is 0 Å². The van der Waals surface area contributed by atoms with Gasteiger partial charge in [-0.2, -0.15) is 5.10 Å². The Hall–Kier alpha value is -0.390. The lowest BCUT2D eigenvalue weighted by molar-refractivity contribution is 0.0928. The Balaban J connectivity index is 2.20. The molecule has 1 aromatic rings. The van der Waals surface area contributed by atoms with Crippen LogP contribution in [0.4, 0.5) is 0 Å². The van der Waals surface area contributed by atoms with Crippen LogP contribution in [0.1, 0.15) is 39.1 Å². The van der Waals surface area contributed by atoms with Gasteiger partial charge in [-0.1, -0.05) is 20.8 Å². The van der Waals surface area contributed by atoms with Crippen LogP contribution in [0.25, 0.3) is 0 Å². The van der Waals surface area contributed by atoms with E-state index < -0.39 is 0 Å². The first-order valence-electron chi connectivity index (χ1n) is 7.61. The van der Waals surface area contributed by atoms with Gasteiger partial charge in [0.25, 0.3) is 0 Å². The van der Waals surface area contributed by atoms with Gasteiger partial charge >= 0.3 is 0 Å². The van der Waals surface area contributed by atoms with Crippen molar-refractivity contribution in [3.8, 4) is 0 Å². The molecule has 5 heteroatoms. The zero-order valence-corrected chi connectivity index (χ0v) is 14.9. The third kappa shape index (κ3) is 3.26. The average Bonchev–Trinajstić information content (AvgIpc) is 2.66. The normalized spacial score (nSPS) is 24.6. The molecule has 20 heavy (non-hydrogen) atoms. The van der Waals surface area contributed by atoms with Crippen LogP contribution in [0, 0.1) is 5.92 Å². The van der Waals surface area contributed by atoms with E-state index in [4.69, 9.17) is 0 Å². The third-order valence-corrected chi connectivity index (χ3v) is 5.19. The second-order valence-electron chi connectivity index (χ2n) is 6.23. The maximum atomic E-state index is 4.61. The number of aryl methyl sites for hydroxylation is 2. The van der Waals surface area contributed by atoms with Gasteiger partial charge in [0.05, 0.1) is 15.9 Å². The Kier molecular flexibility index (Phi) is 5.26. The van der Waals surface area contributed by atoms with Crippen LogP contribution in [-0.2, 0) is 20.0 Å². The Morgan fingerprint density at radius 1 is 1.45 bits per heavy atom. The maximum absolute atomic E-state index is 4.61. The molecule has 1 aliphatic rings. The molecule has 2 rings (SSSR count). The Morgan fingerprint density at radius 3 is 2.70 bits per heavy atom. The van der Waals surface area contributed by atoms with Crippen LogP contribution in [0.2, 0.25) is 0 Å². The van der Waals surface area contributed by atoms with Gasteiger partial charge in [0, 0.05) is 38.8 Å². The zero-order valence-electron chi connectivity index (χ0n) is 13.3. The van der Waals surface area contributed by atoms with Gasteiger partial charge in [0.2, 0.25) is 0 Å². The van der Waals surface area contributed by atoms with Gasteiger partial charge in [-0.15, -0.1) is 0 Å². The van der Waals surface area contributed by atoms with Crippen molar-refractivity contribution >= 4 is 15.9 Å². The molecule has 0 spiro atoms. The average molecular weight is 343 g/mol. The topological polar surface area (TPSA) is 33.1 Å². The van der Waals surface area contributed by atoms with Crippen LogP contribution in [-0.4, -0.2) is 39.9 Å². The van der Waals surface area contributed by atoms with E-state index in [1.165, 1.54) is 10.2 Å². The second kappa shape index (κ2) is 6.58. The van der Waals surface area contributed by atoms with Gasteiger partial charge in [0.15, 0.2) is 0 Å². The van der Waals surface area contributed by atoms with Crippen LogP contribution in [0.5, 0.6) is 0 Å². The van der Waals surface area contributed by atoms with Gasteiger partial charge in [-0.25, -0.2) is 0 Å². The van der Waals surface area contributed by atoms with E-state index in [1.807, 2.05) is 4.68 Å². The molecule has 1 N–H and O–H groups in total. The molecular weight excluding hydrogens is 316 g/mol. The molecule has 114 valence electrons. The molecule has 1 aliphatic heterocycles. The standard InChI is InChI=1S/C15H27BrN4/c1-6-12-15(16)14(19(5)18-12)9-20-8-11(4)17-7-13(20)10(2)3/h10-11,13,17H,6-9H2,1-5H3. The SMILES string of the molecule is CCc1nn(C)c(CN2CC(C)NCC2C(C)C)c1Br. The minimum absolute atomic E-state index is 0.558. The van der Waals surface area contributed by atoms with E-state index >= 15 is 0 Å². The smallest absolute Gasteiger partial charge is 0.0767 e. The summed E-state index contributed by atoms with van der Waals surface area (Å²) in [5.74, 6) is 0.660. The van der Waals surface area contributed by atoms with Gasteiger partial charge < -0.3 is 5.32 Å². The molecule has 1 fully saturated rings. The summed E-state index contributed by atoms with van der Waals surface area (Å²) in [5, 5.41) is 8.21. The summed E-state index contributed by atoms with van der Waals surface area (Å²) in [6, 6.07) is 1.15. The summed E-state index contributed by atoms with van der Waals surface area (Å²) >= 11 is 3.74. The Labute approximate surface area is 131 Å². The summed E-state index contributed by atoms with van der Waals surface area (Å²) < 4.78 is 3.23. The maximum Gasteiger partial charge on any atom is 0.0767 e. The predicted octanol–water partition coefficient (Wildman–Crippen LogP) is 2.56. The molecule has 0 aliphatic carbocycles. The number of halogens is 1. The zero-order chi connectivity index (χ0) is 14.9. The number of nitrogens with zero attached hydrogens (tertiary/aromatic N) is 3. The minimum atomic E-state index is 0.558. The molecule has 2 unspecified atom stereocenters. The largest absolute Gasteiger partial charge is 0.311 e. The van der Waals surface area contributed by atoms with Gasteiger partial charge in [0.1, 0.15) is 0 Å². The van der Waals surface area contributed by atoms with Crippen molar-refractivity contribution in [3.05, 3.63) is 15.9 Å². The number of hydrogen-bond acceptors (Lipinski definition) is 3. The lowest BCUT2D eigenvalue weighted by atomic mass is 9.98. The summed E-state index contributed by atoms with van der Waals surface area (Å²) in [7, 11) is 2.05. The van der Waals surface area contributed by atoms with E-state index in [2.05, 4.69) is 66.0 Å². The highest BCUT2D eigenvalue weighted by Crippen LogP contribution is 2.25. The van der Waals surface area contributed by atoms with Gasteiger partial charge in [-0.3, -0.25) is 9.58 Å². The van der Waals surface area contributed by atoms with E-state index in [0.29, 0.717) is 18.0 Å². The highest BCUT2D eigenvalue weighted by molar-refractivity contribution is 9.10. The number of hydrogen-bond donors (Lipinski definition) is 1. The summed E-state index contributed by atoms with van der Waals surface area (Å²) in [4.78, 5) is 2.60. The van der Waals surface area contributed by atoms with E-state index in [-0.39, 0.29) is 0 Å². The fraction of sp³-hybridized carbons (Fsp3) is 0.800. The second-order valence-corrected chi connectivity index (χ2v) is 7.03. The molecule has 0 amide bonds. The van der Waals surface area contributed by atoms with E-state index in [0.717, 1.165) is 31.7 Å². The van der Waals surface area contributed by atoms with Crippen molar-refractivity contribution in [2.75, 3.05) is 13.1 Å². The molecule has 0 bridgehead atoms. The number of rotatable bonds is 4. The predicted molar refractivity (Wildman–Crippen MR) is 86.8 cm³/mol. The highest BCUT2D eigenvalue weighted by atomic mass is 79.9. The Bertz CT molecular complexity index is 455. The molecule has 1 aromatic heterocycles. The first-order chi connectivity index (χ1) is 9.43. The van der Waals surface area contributed by atoms with Crippen molar-refractivity contribution in [2.45, 2.75) is 52.7 Å². The van der Waals surface area contributed by atoms with E-state index in [9.17, 15) is 0 Å². The van der Waals surface area contributed by atoms with E-state index in [1.54, 1.807) is 0 Å². The fourth-order valence-electron chi connectivity index (χ4n) is 3.03. The molecule has 0 radical (unpaired) electrons. The minimum Gasteiger partial charge on any atom is -0.311 e. The van der Waals surface area contributed by atoms with Crippen LogP contribution >= 0.6 is 15.9 Å². The molecule has 0 saturated carbocycles. The quantitative estimate of drug-likeness (QED) is 0.912. The number of piperazine rings is 1. The van der Waals surface area contributed by atoms with Crippen LogP contribution < -0.4 is 5.32 Å². The first-order valence-corrected chi connectivity index (χ1v) is 8.41. The fourth-order valence-corrected chi connectivity index (χ4v) is 3.77. The number of nitrogens with one attached hydrogen (secondary N) is 1. The van der Waals surface area contributed by atoms with Gasteiger partial charge in [-0.05, 0) is 35.2 Å². The van der Waals surface area contributed by atoms with Crippen molar-refractivity contribution in [3.63, 3.8) is 0 Å². The number of aromatic nitrogens is 2. The van der Waals surface area contributed by atoms with Crippen molar-refractivity contribution in [1.29, 1.82) is 0 Å². The first kappa shape index (κ1) is 16.0. The lowest BCUT2D eigenvalue weighted by Gasteiger charge is -2.41. The Morgan fingerprint density at radius 2 is 2.15 bits per heavy atom. The van der Waals surface area contributed by atoms with Crippen LogP contribution in [0.15, 0.2) is 4.47 Å². The highest BCUT2D eigenvalue weighted by Gasteiger charge is 2.29. The van der Waals surface area contributed by atoms with Crippen molar-refractivity contribution in [1.82, 2.24) is 20.0 Å². The molecular formula is C15H27BrN4. The summed E-state index contributed by atoms with van der Waals surface area (Å²) in [6.45, 7) is 12.2. The molecule has 2 heterocycles. The molecule has 2 atom stereocenters. The molecule has 4 nitrogen and oxygen atoms in total.